The zero-order valence-corrected chi connectivity index (χ0v) is 13.3. The molecule has 0 aliphatic rings. The number of ether oxygens (including phenoxy) is 1. The molecular weight excluding hydrogens is 318 g/mol. The number of hydrogen-bond acceptors (Lipinski definition) is 4. The normalized spacial score (nSPS) is 10.0. The van der Waals surface area contributed by atoms with Gasteiger partial charge >= 0.3 is 0 Å². The van der Waals surface area contributed by atoms with Crippen molar-refractivity contribution in [3.05, 3.63) is 53.9 Å². The molecule has 1 aromatic heterocycles. The van der Waals surface area contributed by atoms with Crippen LogP contribution in [0.15, 0.2) is 42.6 Å². The smallest absolute Gasteiger partial charge is 0.269 e. The lowest BCUT2D eigenvalue weighted by Crippen LogP contribution is -2.23. The Labute approximate surface area is 138 Å². The predicted molar refractivity (Wildman–Crippen MR) is 86.7 cm³/mol. The number of pyridine rings is 1. The van der Waals surface area contributed by atoms with Gasteiger partial charge in [0.1, 0.15) is 23.1 Å². The maximum atomic E-state index is 11.6. The highest BCUT2D eigenvalue weighted by Gasteiger charge is 2.07. The van der Waals surface area contributed by atoms with Crippen LogP contribution in [0.5, 0.6) is 11.5 Å². The molecule has 120 valence electrons. The largest absolute Gasteiger partial charge is 0.457 e. The number of amides is 2. The van der Waals surface area contributed by atoms with Crippen molar-refractivity contribution < 1.29 is 14.3 Å². The van der Waals surface area contributed by atoms with Gasteiger partial charge in [-0.1, -0.05) is 12.1 Å². The lowest BCUT2D eigenvalue weighted by molar-refractivity contribution is -0.118. The topological polar surface area (TPSA) is 80.3 Å². The monoisotopic (exact) mass is 333 g/mol. The number of alkyl halides is 1. The third-order valence-electron chi connectivity index (χ3n) is 2.94. The Hall–Kier alpha value is -2.60. The third kappa shape index (κ3) is 4.96. The molecule has 1 aromatic carbocycles. The van der Waals surface area contributed by atoms with E-state index >= 15 is 0 Å². The van der Waals surface area contributed by atoms with E-state index in [4.69, 9.17) is 16.3 Å². The first kappa shape index (κ1) is 16.8. The fourth-order valence-corrected chi connectivity index (χ4v) is 1.92. The van der Waals surface area contributed by atoms with Crippen molar-refractivity contribution >= 4 is 23.4 Å². The average molecular weight is 334 g/mol. The van der Waals surface area contributed by atoms with Crippen LogP contribution in [0.2, 0.25) is 0 Å². The Bertz CT molecular complexity index is 706. The molecule has 23 heavy (non-hydrogen) atoms. The van der Waals surface area contributed by atoms with Gasteiger partial charge in [-0.2, -0.15) is 0 Å². The number of benzene rings is 1. The molecule has 0 unspecified atom stereocenters. The van der Waals surface area contributed by atoms with E-state index < -0.39 is 0 Å². The molecule has 2 rings (SSSR count). The van der Waals surface area contributed by atoms with E-state index in [-0.39, 0.29) is 23.4 Å². The second-order valence-corrected chi connectivity index (χ2v) is 4.88. The van der Waals surface area contributed by atoms with Gasteiger partial charge in [0, 0.05) is 25.9 Å². The van der Waals surface area contributed by atoms with Crippen molar-refractivity contribution in [2.24, 2.45) is 0 Å². The highest BCUT2D eigenvalue weighted by molar-refractivity contribution is 6.27. The fourth-order valence-electron chi connectivity index (χ4n) is 1.83. The van der Waals surface area contributed by atoms with Crippen LogP contribution in [0, 0.1) is 0 Å². The van der Waals surface area contributed by atoms with Crippen molar-refractivity contribution in [3.63, 3.8) is 0 Å². The summed E-state index contributed by atoms with van der Waals surface area (Å²) in [4.78, 5) is 26.7. The first-order valence-electron chi connectivity index (χ1n) is 6.90. The minimum absolute atomic E-state index is 0.0739. The molecule has 2 aromatic rings. The van der Waals surface area contributed by atoms with Gasteiger partial charge in [0.15, 0.2) is 0 Å². The van der Waals surface area contributed by atoms with E-state index in [1.54, 1.807) is 24.3 Å². The van der Waals surface area contributed by atoms with Crippen molar-refractivity contribution in [1.29, 1.82) is 0 Å². The number of carbonyl (C=O) groups excluding carboxylic acids is 2. The Balaban J connectivity index is 2.08. The van der Waals surface area contributed by atoms with E-state index in [1.807, 2.05) is 12.1 Å². The molecule has 0 spiro atoms. The van der Waals surface area contributed by atoms with Gasteiger partial charge < -0.3 is 15.4 Å². The van der Waals surface area contributed by atoms with Crippen LogP contribution < -0.4 is 15.4 Å². The Morgan fingerprint density at radius 3 is 2.74 bits per heavy atom. The Morgan fingerprint density at radius 1 is 1.22 bits per heavy atom. The fraction of sp³-hybridized carbons (Fsp3) is 0.188. The van der Waals surface area contributed by atoms with Gasteiger partial charge in [-0.3, -0.25) is 14.6 Å². The maximum absolute atomic E-state index is 11.6. The molecule has 0 saturated carbocycles. The first-order chi connectivity index (χ1) is 11.1. The molecule has 0 saturated heterocycles. The molecular formula is C16H16ClN3O3. The molecule has 7 heteroatoms. The summed E-state index contributed by atoms with van der Waals surface area (Å²) >= 11 is 5.43. The Morgan fingerprint density at radius 2 is 2.00 bits per heavy atom. The van der Waals surface area contributed by atoms with E-state index in [9.17, 15) is 9.59 Å². The summed E-state index contributed by atoms with van der Waals surface area (Å²) < 4.78 is 5.73. The number of carbonyl (C=O) groups is 2. The number of halogens is 1. The van der Waals surface area contributed by atoms with E-state index in [0.717, 1.165) is 5.56 Å². The SMILES string of the molecule is CNC(=O)c1cc(Oc2cccc(CNC(=O)CCl)c2)ccn1. The summed E-state index contributed by atoms with van der Waals surface area (Å²) in [5.41, 5.74) is 1.15. The molecule has 0 aliphatic carbocycles. The van der Waals surface area contributed by atoms with Gasteiger partial charge in [-0.15, -0.1) is 11.6 Å². The molecule has 0 aliphatic heterocycles. The van der Waals surface area contributed by atoms with Crippen LogP contribution in [0.25, 0.3) is 0 Å². The van der Waals surface area contributed by atoms with Gasteiger partial charge in [0.05, 0.1) is 0 Å². The van der Waals surface area contributed by atoms with E-state index in [2.05, 4.69) is 15.6 Å². The average Bonchev–Trinajstić information content (AvgIpc) is 2.59. The van der Waals surface area contributed by atoms with E-state index in [0.29, 0.717) is 18.0 Å². The summed E-state index contributed by atoms with van der Waals surface area (Å²) in [6.07, 6.45) is 1.50. The van der Waals surface area contributed by atoms with Crippen LogP contribution in [0.1, 0.15) is 16.1 Å². The molecule has 0 atom stereocenters. The highest BCUT2D eigenvalue weighted by atomic mass is 35.5. The van der Waals surface area contributed by atoms with E-state index in [1.165, 1.54) is 13.2 Å². The van der Waals surface area contributed by atoms with Crippen LogP contribution in [-0.2, 0) is 11.3 Å². The lowest BCUT2D eigenvalue weighted by atomic mass is 10.2. The third-order valence-corrected chi connectivity index (χ3v) is 3.18. The standard InChI is InChI=1S/C16H16ClN3O3/c1-18-16(22)14-8-13(5-6-19-14)23-12-4-2-3-11(7-12)10-20-15(21)9-17/h2-8H,9-10H2,1H3,(H,18,22)(H,20,21). The maximum Gasteiger partial charge on any atom is 0.269 e. The second-order valence-electron chi connectivity index (χ2n) is 4.62. The molecule has 1 heterocycles. The van der Waals surface area contributed by atoms with Crippen molar-refractivity contribution in [2.45, 2.75) is 6.54 Å². The molecule has 0 bridgehead atoms. The van der Waals surface area contributed by atoms with Gasteiger partial charge in [-0.25, -0.2) is 0 Å². The minimum atomic E-state index is -0.284. The predicted octanol–water partition coefficient (Wildman–Crippen LogP) is 2.09. The first-order valence-corrected chi connectivity index (χ1v) is 7.43. The number of aromatic nitrogens is 1. The summed E-state index contributed by atoms with van der Waals surface area (Å²) in [6, 6.07) is 10.5. The quantitative estimate of drug-likeness (QED) is 0.793. The zero-order valence-electron chi connectivity index (χ0n) is 12.5. The number of nitrogens with zero attached hydrogens (tertiary/aromatic N) is 1. The van der Waals surface area contributed by atoms with Crippen LogP contribution in [-0.4, -0.2) is 29.7 Å². The Kier molecular flexibility index (Phi) is 5.94. The second kappa shape index (κ2) is 8.14. The van der Waals surface area contributed by atoms with Crippen molar-refractivity contribution in [1.82, 2.24) is 15.6 Å². The van der Waals surface area contributed by atoms with Crippen molar-refractivity contribution in [3.8, 4) is 11.5 Å². The molecule has 2 amide bonds. The van der Waals surface area contributed by atoms with Crippen LogP contribution >= 0.6 is 11.6 Å². The van der Waals surface area contributed by atoms with Gasteiger partial charge in [0.25, 0.3) is 5.91 Å². The molecule has 2 N–H and O–H groups in total. The van der Waals surface area contributed by atoms with Crippen LogP contribution in [0.3, 0.4) is 0 Å². The molecule has 6 nitrogen and oxygen atoms in total. The molecule has 0 radical (unpaired) electrons. The number of rotatable bonds is 6. The lowest BCUT2D eigenvalue weighted by Gasteiger charge is -2.09. The number of nitrogens with one attached hydrogen (secondary N) is 2. The van der Waals surface area contributed by atoms with Crippen LogP contribution in [0.4, 0.5) is 0 Å². The summed E-state index contributed by atoms with van der Waals surface area (Å²) in [5.74, 6) is 0.503. The zero-order chi connectivity index (χ0) is 16.7. The molecule has 0 fully saturated rings. The summed E-state index contributed by atoms with van der Waals surface area (Å²) in [5, 5.41) is 5.19. The highest BCUT2D eigenvalue weighted by Crippen LogP contribution is 2.22. The number of hydrogen-bond donors (Lipinski definition) is 2. The van der Waals surface area contributed by atoms with Gasteiger partial charge in [0.2, 0.25) is 5.91 Å². The van der Waals surface area contributed by atoms with Gasteiger partial charge in [-0.05, 0) is 23.8 Å². The minimum Gasteiger partial charge on any atom is -0.457 e. The van der Waals surface area contributed by atoms with Crippen molar-refractivity contribution in [2.75, 3.05) is 12.9 Å². The summed E-state index contributed by atoms with van der Waals surface area (Å²) in [7, 11) is 1.54. The summed E-state index contributed by atoms with van der Waals surface area (Å²) in [6.45, 7) is 0.364.